The molecule has 1 heterocycles. The van der Waals surface area contributed by atoms with Crippen LogP contribution in [0.25, 0.3) is 0 Å². The molecule has 1 saturated heterocycles. The van der Waals surface area contributed by atoms with Crippen molar-refractivity contribution in [1.82, 2.24) is 9.80 Å². The number of piperazine rings is 1. The standard InChI is InChI=1S/C23H32N2O4.2ClH/c1-27-22-8-9-23(28-2)20(14-22)17-29-18-21(26)16-25-12-10-24(11-13-25)15-19-6-4-3-5-7-19;;/h3-9,14,21,26H,10-13,15-18H2,1-2H3;2*1H. The molecule has 0 radical (unpaired) electrons. The second-order valence-electron chi connectivity index (χ2n) is 7.41. The Morgan fingerprint density at radius 1 is 0.903 bits per heavy atom. The van der Waals surface area contributed by atoms with Crippen molar-refractivity contribution in [2.45, 2.75) is 19.3 Å². The van der Waals surface area contributed by atoms with E-state index >= 15 is 0 Å². The smallest absolute Gasteiger partial charge is 0.124 e. The van der Waals surface area contributed by atoms with Crippen LogP contribution in [0.2, 0.25) is 0 Å². The molecular weight excluding hydrogens is 439 g/mol. The quantitative estimate of drug-likeness (QED) is 0.572. The SMILES string of the molecule is COc1ccc(OC)c(COCC(O)CN2CCN(Cc3ccccc3)CC2)c1.Cl.Cl. The fourth-order valence-electron chi connectivity index (χ4n) is 3.62. The van der Waals surface area contributed by atoms with Crippen LogP contribution in [0.1, 0.15) is 11.1 Å². The molecule has 8 heteroatoms. The van der Waals surface area contributed by atoms with Crippen molar-refractivity contribution in [3.8, 4) is 11.5 Å². The number of aliphatic hydroxyl groups is 1. The summed E-state index contributed by atoms with van der Waals surface area (Å²) >= 11 is 0. The number of hydrogen-bond acceptors (Lipinski definition) is 6. The molecular formula is C23H34Cl2N2O4. The van der Waals surface area contributed by atoms with Gasteiger partial charge in [-0.15, -0.1) is 24.8 Å². The van der Waals surface area contributed by atoms with Crippen LogP contribution in [-0.4, -0.2) is 74.6 Å². The highest BCUT2D eigenvalue weighted by atomic mass is 35.5. The summed E-state index contributed by atoms with van der Waals surface area (Å²) in [5.74, 6) is 1.52. The molecule has 1 fully saturated rings. The highest BCUT2D eigenvalue weighted by Crippen LogP contribution is 2.24. The molecule has 6 nitrogen and oxygen atoms in total. The molecule has 1 unspecified atom stereocenters. The molecule has 174 valence electrons. The van der Waals surface area contributed by atoms with E-state index in [-0.39, 0.29) is 24.8 Å². The number of halogens is 2. The zero-order chi connectivity index (χ0) is 20.5. The molecule has 0 spiro atoms. The maximum Gasteiger partial charge on any atom is 0.124 e. The number of aliphatic hydroxyl groups excluding tert-OH is 1. The van der Waals surface area contributed by atoms with Gasteiger partial charge >= 0.3 is 0 Å². The second-order valence-corrected chi connectivity index (χ2v) is 7.41. The maximum absolute atomic E-state index is 10.4. The predicted octanol–water partition coefficient (Wildman–Crippen LogP) is 3.24. The van der Waals surface area contributed by atoms with Crippen molar-refractivity contribution >= 4 is 24.8 Å². The lowest BCUT2D eigenvalue weighted by molar-refractivity contribution is 0.000454. The van der Waals surface area contributed by atoms with Crippen molar-refractivity contribution in [3.63, 3.8) is 0 Å². The third-order valence-corrected chi connectivity index (χ3v) is 5.24. The first-order chi connectivity index (χ1) is 14.2. The van der Waals surface area contributed by atoms with Gasteiger partial charge in [0.05, 0.1) is 33.5 Å². The Labute approximate surface area is 197 Å². The summed E-state index contributed by atoms with van der Waals surface area (Å²) in [6, 6.07) is 16.2. The maximum atomic E-state index is 10.4. The lowest BCUT2D eigenvalue weighted by Crippen LogP contribution is -2.48. The summed E-state index contributed by atoms with van der Waals surface area (Å²) in [7, 11) is 3.27. The summed E-state index contributed by atoms with van der Waals surface area (Å²) in [6.07, 6.45) is -0.507. The highest BCUT2D eigenvalue weighted by molar-refractivity contribution is 5.85. The zero-order valence-corrected chi connectivity index (χ0v) is 19.9. The molecule has 3 rings (SSSR count). The topological polar surface area (TPSA) is 54.4 Å². The van der Waals surface area contributed by atoms with E-state index in [0.29, 0.717) is 19.8 Å². The fraction of sp³-hybridized carbons (Fsp3) is 0.478. The summed E-state index contributed by atoms with van der Waals surface area (Å²) in [4.78, 5) is 4.77. The number of methoxy groups -OCH3 is 2. The molecule has 0 bridgehead atoms. The van der Waals surface area contributed by atoms with Crippen molar-refractivity contribution in [2.75, 3.05) is 53.6 Å². The highest BCUT2D eigenvalue weighted by Gasteiger charge is 2.19. The van der Waals surface area contributed by atoms with E-state index in [2.05, 4.69) is 40.1 Å². The van der Waals surface area contributed by atoms with E-state index in [1.54, 1.807) is 14.2 Å². The third kappa shape index (κ3) is 8.85. The minimum absolute atomic E-state index is 0. The Bertz CT molecular complexity index is 744. The van der Waals surface area contributed by atoms with E-state index in [1.807, 2.05) is 18.2 Å². The van der Waals surface area contributed by atoms with Crippen molar-refractivity contribution in [2.24, 2.45) is 0 Å². The van der Waals surface area contributed by atoms with Crippen LogP contribution in [0.15, 0.2) is 48.5 Å². The van der Waals surface area contributed by atoms with Gasteiger partial charge in [0.2, 0.25) is 0 Å². The largest absolute Gasteiger partial charge is 0.497 e. The van der Waals surface area contributed by atoms with Crippen LogP contribution < -0.4 is 9.47 Å². The average Bonchev–Trinajstić information content (AvgIpc) is 2.75. The normalized spacial score (nSPS) is 15.5. The van der Waals surface area contributed by atoms with Crippen LogP contribution >= 0.6 is 24.8 Å². The van der Waals surface area contributed by atoms with Gasteiger partial charge in [0.1, 0.15) is 11.5 Å². The van der Waals surface area contributed by atoms with Gasteiger partial charge in [0.15, 0.2) is 0 Å². The third-order valence-electron chi connectivity index (χ3n) is 5.24. The first-order valence-corrected chi connectivity index (χ1v) is 10.1. The van der Waals surface area contributed by atoms with Gasteiger partial charge in [-0.1, -0.05) is 30.3 Å². The minimum Gasteiger partial charge on any atom is -0.497 e. The first-order valence-electron chi connectivity index (χ1n) is 10.1. The van der Waals surface area contributed by atoms with Gasteiger partial charge in [0, 0.05) is 44.8 Å². The Morgan fingerprint density at radius 3 is 2.23 bits per heavy atom. The fourth-order valence-corrected chi connectivity index (χ4v) is 3.62. The number of ether oxygens (including phenoxy) is 3. The molecule has 2 aromatic carbocycles. The number of hydrogen-bond donors (Lipinski definition) is 1. The van der Waals surface area contributed by atoms with Gasteiger partial charge in [0.25, 0.3) is 0 Å². The van der Waals surface area contributed by atoms with E-state index < -0.39 is 6.10 Å². The van der Waals surface area contributed by atoms with E-state index in [1.165, 1.54) is 5.56 Å². The van der Waals surface area contributed by atoms with Crippen LogP contribution in [0.4, 0.5) is 0 Å². The van der Waals surface area contributed by atoms with Crippen molar-refractivity contribution in [3.05, 3.63) is 59.7 Å². The minimum atomic E-state index is -0.507. The van der Waals surface area contributed by atoms with Gasteiger partial charge in [-0.3, -0.25) is 9.80 Å². The Hall–Kier alpha value is -1.54. The molecule has 1 N–H and O–H groups in total. The molecule has 1 aliphatic heterocycles. The molecule has 31 heavy (non-hydrogen) atoms. The van der Waals surface area contributed by atoms with E-state index in [0.717, 1.165) is 49.8 Å². The number of β-amino-alcohol motifs (C(OH)–C–C–N with tert-alkyl or cyclic N) is 1. The van der Waals surface area contributed by atoms with Crippen molar-refractivity contribution in [1.29, 1.82) is 0 Å². The van der Waals surface area contributed by atoms with Gasteiger partial charge in [-0.05, 0) is 23.8 Å². The van der Waals surface area contributed by atoms with Crippen LogP contribution in [0.3, 0.4) is 0 Å². The number of benzene rings is 2. The number of nitrogens with zero attached hydrogens (tertiary/aromatic N) is 2. The van der Waals surface area contributed by atoms with Crippen molar-refractivity contribution < 1.29 is 19.3 Å². The molecule has 0 amide bonds. The van der Waals surface area contributed by atoms with Crippen LogP contribution in [0.5, 0.6) is 11.5 Å². The van der Waals surface area contributed by atoms with Gasteiger partial charge < -0.3 is 19.3 Å². The molecule has 1 aliphatic rings. The van der Waals surface area contributed by atoms with Crippen LogP contribution in [0, 0.1) is 0 Å². The first kappa shape index (κ1) is 27.5. The lowest BCUT2D eigenvalue weighted by atomic mass is 10.2. The average molecular weight is 473 g/mol. The molecule has 0 saturated carbocycles. The molecule has 2 aromatic rings. The molecule has 0 aromatic heterocycles. The summed E-state index contributed by atoms with van der Waals surface area (Å²) in [6.45, 7) is 6.26. The summed E-state index contributed by atoms with van der Waals surface area (Å²) < 4.78 is 16.4. The zero-order valence-electron chi connectivity index (χ0n) is 18.2. The van der Waals surface area contributed by atoms with Gasteiger partial charge in [-0.25, -0.2) is 0 Å². The van der Waals surface area contributed by atoms with E-state index in [4.69, 9.17) is 14.2 Å². The Morgan fingerprint density at radius 2 is 1.58 bits per heavy atom. The molecule has 0 aliphatic carbocycles. The summed E-state index contributed by atoms with van der Waals surface area (Å²) in [5.41, 5.74) is 2.26. The van der Waals surface area contributed by atoms with E-state index in [9.17, 15) is 5.11 Å². The Balaban J connectivity index is 0.00000240. The van der Waals surface area contributed by atoms with Gasteiger partial charge in [-0.2, -0.15) is 0 Å². The summed E-state index contributed by atoms with van der Waals surface area (Å²) in [5, 5.41) is 10.4. The monoisotopic (exact) mass is 472 g/mol. The molecule has 1 atom stereocenters. The number of rotatable bonds is 10. The Kier molecular flexibility index (Phi) is 12.9. The van der Waals surface area contributed by atoms with Crippen LogP contribution in [-0.2, 0) is 17.9 Å². The lowest BCUT2D eigenvalue weighted by Gasteiger charge is -2.35. The second kappa shape index (κ2) is 14.5. The predicted molar refractivity (Wildman–Crippen MR) is 128 cm³/mol.